The highest BCUT2D eigenvalue weighted by atomic mass is 35.5. The quantitative estimate of drug-likeness (QED) is 0.721. The van der Waals surface area contributed by atoms with Gasteiger partial charge in [-0.2, -0.15) is 5.10 Å². The number of aromatic nitrogens is 2. The van der Waals surface area contributed by atoms with E-state index < -0.39 is 0 Å². The minimum Gasteiger partial charge on any atom is -0.361 e. The molecule has 2 aromatic carbocycles. The first kappa shape index (κ1) is 15.5. The summed E-state index contributed by atoms with van der Waals surface area (Å²) in [4.78, 5) is 15.1. The summed E-state index contributed by atoms with van der Waals surface area (Å²) in [5, 5.41) is 11.6. The van der Waals surface area contributed by atoms with Gasteiger partial charge in [-0.3, -0.25) is 9.89 Å². The zero-order valence-electron chi connectivity index (χ0n) is 13.9. The Kier molecular flexibility index (Phi) is 3.50. The molecule has 5 rings (SSSR count). The molecule has 0 spiro atoms. The van der Waals surface area contributed by atoms with Crippen molar-refractivity contribution in [1.82, 2.24) is 15.1 Å². The number of fused-ring (bicyclic) bond motifs is 1. The molecule has 3 aromatic rings. The van der Waals surface area contributed by atoms with Crippen LogP contribution >= 0.6 is 11.6 Å². The number of benzene rings is 2. The molecule has 1 aliphatic carbocycles. The van der Waals surface area contributed by atoms with Crippen LogP contribution in [-0.2, 0) is 0 Å². The monoisotopic (exact) mass is 364 g/mol. The molecule has 1 saturated carbocycles. The van der Waals surface area contributed by atoms with Gasteiger partial charge in [-0.05, 0) is 37.1 Å². The Hall–Kier alpha value is -2.79. The van der Waals surface area contributed by atoms with Crippen LogP contribution in [0.3, 0.4) is 0 Å². The number of para-hydroxylation sites is 1. The number of rotatable bonds is 3. The largest absolute Gasteiger partial charge is 0.361 e. The van der Waals surface area contributed by atoms with E-state index in [0.717, 1.165) is 40.9 Å². The summed E-state index contributed by atoms with van der Waals surface area (Å²) in [6.07, 6.45) is 3.65. The van der Waals surface area contributed by atoms with Crippen molar-refractivity contribution in [2.75, 3.05) is 5.32 Å². The Morgan fingerprint density at radius 3 is 2.62 bits per heavy atom. The van der Waals surface area contributed by atoms with Crippen molar-refractivity contribution in [3.05, 3.63) is 70.9 Å². The third-order valence-electron chi connectivity index (χ3n) is 5.00. The maximum Gasteiger partial charge on any atom is 0.258 e. The summed E-state index contributed by atoms with van der Waals surface area (Å²) < 4.78 is 0. The van der Waals surface area contributed by atoms with Crippen LogP contribution < -0.4 is 5.32 Å². The normalized spacial score (nSPS) is 19.2. The number of amides is 1. The summed E-state index contributed by atoms with van der Waals surface area (Å²) >= 11 is 6.02. The molecule has 6 heteroatoms. The second kappa shape index (κ2) is 5.88. The third-order valence-corrected chi connectivity index (χ3v) is 5.25. The molecule has 0 bridgehead atoms. The van der Waals surface area contributed by atoms with E-state index in [1.54, 1.807) is 6.20 Å². The van der Waals surface area contributed by atoms with Crippen LogP contribution in [0.15, 0.2) is 54.7 Å². The molecule has 2 N–H and O–H groups in total. The van der Waals surface area contributed by atoms with Gasteiger partial charge in [0.1, 0.15) is 6.17 Å². The first-order valence-electron chi connectivity index (χ1n) is 8.70. The van der Waals surface area contributed by atoms with Gasteiger partial charge in [-0.15, -0.1) is 0 Å². The molecule has 0 radical (unpaired) electrons. The molecule has 0 unspecified atom stereocenters. The minimum atomic E-state index is -0.241. The van der Waals surface area contributed by atoms with E-state index in [1.165, 1.54) is 0 Å². The summed E-state index contributed by atoms with van der Waals surface area (Å²) in [6.45, 7) is 0. The van der Waals surface area contributed by atoms with Crippen LogP contribution in [0.25, 0.3) is 11.3 Å². The zero-order valence-corrected chi connectivity index (χ0v) is 14.7. The average Bonchev–Trinajstić information content (AvgIpc) is 3.38. The van der Waals surface area contributed by atoms with Gasteiger partial charge in [-0.1, -0.05) is 35.9 Å². The van der Waals surface area contributed by atoms with E-state index in [1.807, 2.05) is 53.4 Å². The van der Waals surface area contributed by atoms with Crippen molar-refractivity contribution in [2.45, 2.75) is 25.0 Å². The number of hydrogen-bond acceptors (Lipinski definition) is 3. The average molecular weight is 365 g/mol. The number of anilines is 1. The summed E-state index contributed by atoms with van der Waals surface area (Å²) in [6, 6.07) is 15.6. The first-order valence-corrected chi connectivity index (χ1v) is 9.07. The van der Waals surface area contributed by atoms with E-state index in [2.05, 4.69) is 15.5 Å². The predicted octanol–water partition coefficient (Wildman–Crippen LogP) is 4.46. The molecule has 1 aliphatic heterocycles. The Labute approximate surface area is 156 Å². The highest BCUT2D eigenvalue weighted by molar-refractivity contribution is 6.30. The molecule has 26 heavy (non-hydrogen) atoms. The molecule has 1 atom stereocenters. The second-order valence-electron chi connectivity index (χ2n) is 6.74. The van der Waals surface area contributed by atoms with Crippen molar-refractivity contribution in [1.29, 1.82) is 0 Å². The summed E-state index contributed by atoms with van der Waals surface area (Å²) in [5.74, 6) is 0.0788. The van der Waals surface area contributed by atoms with Gasteiger partial charge < -0.3 is 10.2 Å². The van der Waals surface area contributed by atoms with Crippen LogP contribution in [0.5, 0.6) is 0 Å². The molecule has 1 fully saturated rings. The van der Waals surface area contributed by atoms with E-state index in [4.69, 9.17) is 11.6 Å². The molecule has 1 amide bonds. The lowest BCUT2D eigenvalue weighted by Crippen LogP contribution is -2.44. The number of aromatic amines is 1. The number of hydrogen-bond donors (Lipinski definition) is 2. The maximum absolute atomic E-state index is 13.1. The molecule has 130 valence electrons. The fourth-order valence-electron chi connectivity index (χ4n) is 3.58. The van der Waals surface area contributed by atoms with Crippen molar-refractivity contribution in [2.24, 2.45) is 0 Å². The molecule has 0 saturated heterocycles. The highest BCUT2D eigenvalue weighted by Crippen LogP contribution is 2.42. The number of carbonyl (C=O) groups excluding carboxylic acids is 1. The standard InChI is InChI=1S/C20H17ClN4O/c21-13-7-5-12(6-8-13)18-16(11-22-24-18)19-23-17-4-2-1-3-15(17)20(26)25(19)14-9-10-14/h1-8,11,14,19,23H,9-10H2,(H,22,24)/t19-/m0/s1. The second-order valence-corrected chi connectivity index (χ2v) is 7.18. The molecular weight excluding hydrogens is 348 g/mol. The number of nitrogens with zero attached hydrogens (tertiary/aromatic N) is 2. The van der Waals surface area contributed by atoms with Gasteiger partial charge in [0.15, 0.2) is 0 Å². The van der Waals surface area contributed by atoms with Gasteiger partial charge in [0.05, 0.1) is 17.5 Å². The predicted molar refractivity (Wildman–Crippen MR) is 101 cm³/mol. The first-order chi connectivity index (χ1) is 12.7. The SMILES string of the molecule is O=C1c2ccccc2N[C@H](c2cn[nH]c2-c2ccc(Cl)cc2)N1C1CC1. The number of carbonyl (C=O) groups is 1. The molecule has 5 nitrogen and oxygen atoms in total. The van der Waals surface area contributed by atoms with Crippen molar-refractivity contribution < 1.29 is 4.79 Å². The third kappa shape index (κ3) is 2.47. The minimum absolute atomic E-state index is 0.0788. The lowest BCUT2D eigenvalue weighted by Gasteiger charge is -2.38. The Morgan fingerprint density at radius 2 is 1.85 bits per heavy atom. The summed E-state index contributed by atoms with van der Waals surface area (Å²) in [7, 11) is 0. The molecular formula is C20H17ClN4O. The van der Waals surface area contributed by atoms with Gasteiger partial charge in [-0.25, -0.2) is 0 Å². The van der Waals surface area contributed by atoms with Gasteiger partial charge >= 0.3 is 0 Å². The van der Waals surface area contributed by atoms with Gasteiger partial charge in [0.25, 0.3) is 5.91 Å². The van der Waals surface area contributed by atoms with E-state index in [-0.39, 0.29) is 18.1 Å². The maximum atomic E-state index is 13.1. The van der Waals surface area contributed by atoms with Gasteiger partial charge in [0, 0.05) is 27.9 Å². The molecule has 2 aliphatic rings. The van der Waals surface area contributed by atoms with Crippen LogP contribution in [0.1, 0.15) is 34.9 Å². The Morgan fingerprint density at radius 1 is 1.08 bits per heavy atom. The van der Waals surface area contributed by atoms with Crippen molar-refractivity contribution in [3.63, 3.8) is 0 Å². The fourth-order valence-corrected chi connectivity index (χ4v) is 3.70. The Bertz CT molecular complexity index is 977. The molecule has 1 aromatic heterocycles. The van der Waals surface area contributed by atoms with Gasteiger partial charge in [0.2, 0.25) is 0 Å². The van der Waals surface area contributed by atoms with Crippen molar-refractivity contribution >= 4 is 23.2 Å². The smallest absolute Gasteiger partial charge is 0.258 e. The van der Waals surface area contributed by atoms with Crippen molar-refractivity contribution in [3.8, 4) is 11.3 Å². The number of nitrogens with one attached hydrogen (secondary N) is 2. The van der Waals surface area contributed by atoms with Crippen LogP contribution in [0.4, 0.5) is 5.69 Å². The topological polar surface area (TPSA) is 61.0 Å². The highest BCUT2D eigenvalue weighted by Gasteiger charge is 2.43. The van der Waals surface area contributed by atoms with E-state index in [0.29, 0.717) is 5.02 Å². The zero-order chi connectivity index (χ0) is 17.7. The number of H-pyrrole nitrogens is 1. The van der Waals surface area contributed by atoms with Crippen LogP contribution in [-0.4, -0.2) is 27.0 Å². The Balaban J connectivity index is 1.60. The van der Waals surface area contributed by atoms with Crippen LogP contribution in [0.2, 0.25) is 5.02 Å². The molecule has 2 heterocycles. The van der Waals surface area contributed by atoms with Crippen LogP contribution in [0, 0.1) is 0 Å². The number of halogens is 1. The lowest BCUT2D eigenvalue weighted by molar-refractivity contribution is 0.0667. The lowest BCUT2D eigenvalue weighted by atomic mass is 10.0. The van der Waals surface area contributed by atoms with E-state index in [9.17, 15) is 4.79 Å². The summed E-state index contributed by atoms with van der Waals surface area (Å²) in [5.41, 5.74) is 4.44. The van der Waals surface area contributed by atoms with E-state index >= 15 is 0 Å². The fraction of sp³-hybridized carbons (Fsp3) is 0.200.